The molecule has 0 aliphatic rings. The van der Waals surface area contributed by atoms with E-state index in [0.717, 1.165) is 5.75 Å². The molecule has 1 heterocycles. The van der Waals surface area contributed by atoms with E-state index in [9.17, 15) is 9.59 Å². The zero-order valence-corrected chi connectivity index (χ0v) is 19.1. The minimum absolute atomic E-state index is 0.108. The first-order valence-electron chi connectivity index (χ1n) is 9.95. The van der Waals surface area contributed by atoms with Crippen LogP contribution < -0.4 is 14.8 Å². The maximum atomic E-state index is 12.4. The summed E-state index contributed by atoms with van der Waals surface area (Å²) in [5.41, 5.74) is 0.861. The standard InChI is InChI=1S/C23H24N4O5S/c1-4-12-27-20(14-32-19-10-8-18(30-2)9-11-19)25-26-23(27)33-15-21(28)24-17-7-5-6-16(13-17)22(29)31-3/h4-11,13H,1,12,14-15H2,2-3H3,(H,24,28). The molecule has 0 aliphatic carbocycles. The molecule has 1 amide bonds. The molecule has 172 valence electrons. The summed E-state index contributed by atoms with van der Waals surface area (Å²) in [6.07, 6.45) is 1.72. The van der Waals surface area contributed by atoms with Gasteiger partial charge in [-0.1, -0.05) is 23.9 Å². The van der Waals surface area contributed by atoms with Gasteiger partial charge < -0.3 is 19.5 Å². The van der Waals surface area contributed by atoms with Gasteiger partial charge in [0.2, 0.25) is 5.91 Å². The average molecular weight is 469 g/mol. The largest absolute Gasteiger partial charge is 0.497 e. The van der Waals surface area contributed by atoms with Crippen LogP contribution in [-0.2, 0) is 22.7 Å². The minimum atomic E-state index is -0.470. The quantitative estimate of drug-likeness (QED) is 0.259. The molecular weight excluding hydrogens is 444 g/mol. The monoisotopic (exact) mass is 468 g/mol. The van der Waals surface area contributed by atoms with Crippen molar-refractivity contribution in [2.45, 2.75) is 18.3 Å². The number of thioether (sulfide) groups is 1. The van der Waals surface area contributed by atoms with E-state index in [-0.39, 0.29) is 18.3 Å². The van der Waals surface area contributed by atoms with Crippen LogP contribution >= 0.6 is 11.8 Å². The number of hydrogen-bond donors (Lipinski definition) is 1. The highest BCUT2D eigenvalue weighted by Crippen LogP contribution is 2.21. The molecule has 9 nitrogen and oxygen atoms in total. The van der Waals surface area contributed by atoms with Crippen molar-refractivity contribution in [3.05, 3.63) is 72.6 Å². The van der Waals surface area contributed by atoms with Gasteiger partial charge in [-0.25, -0.2) is 4.79 Å². The van der Waals surface area contributed by atoms with Crippen LogP contribution in [0.2, 0.25) is 0 Å². The van der Waals surface area contributed by atoms with Gasteiger partial charge in [0.1, 0.15) is 18.1 Å². The van der Waals surface area contributed by atoms with Gasteiger partial charge in [-0.05, 0) is 42.5 Å². The number of nitrogens with one attached hydrogen (secondary N) is 1. The Labute approximate surface area is 195 Å². The summed E-state index contributed by atoms with van der Waals surface area (Å²) >= 11 is 1.24. The number of hydrogen-bond acceptors (Lipinski definition) is 8. The normalized spacial score (nSPS) is 10.4. The second-order valence-electron chi connectivity index (χ2n) is 6.67. The number of rotatable bonds is 11. The van der Waals surface area contributed by atoms with E-state index in [2.05, 4.69) is 22.1 Å². The van der Waals surface area contributed by atoms with Crippen molar-refractivity contribution in [1.29, 1.82) is 0 Å². The molecule has 0 aliphatic heterocycles. The molecule has 1 N–H and O–H groups in total. The highest BCUT2D eigenvalue weighted by Gasteiger charge is 2.15. The van der Waals surface area contributed by atoms with Gasteiger partial charge in [0.05, 0.1) is 25.5 Å². The van der Waals surface area contributed by atoms with Gasteiger partial charge in [-0.2, -0.15) is 0 Å². The molecule has 0 fully saturated rings. The average Bonchev–Trinajstić information content (AvgIpc) is 3.23. The van der Waals surface area contributed by atoms with Gasteiger partial charge in [-0.3, -0.25) is 9.36 Å². The molecule has 3 aromatic rings. The zero-order valence-electron chi connectivity index (χ0n) is 18.3. The van der Waals surface area contributed by atoms with Crippen molar-refractivity contribution in [3.63, 3.8) is 0 Å². The molecule has 0 spiro atoms. The van der Waals surface area contributed by atoms with E-state index in [0.29, 0.717) is 34.5 Å². The van der Waals surface area contributed by atoms with Crippen molar-refractivity contribution >= 4 is 29.3 Å². The van der Waals surface area contributed by atoms with Crippen molar-refractivity contribution in [1.82, 2.24) is 14.8 Å². The number of nitrogens with zero attached hydrogens (tertiary/aromatic N) is 3. The summed E-state index contributed by atoms with van der Waals surface area (Å²) < 4.78 is 17.5. The first kappa shape index (κ1) is 23.9. The molecule has 0 radical (unpaired) electrons. The third kappa shape index (κ3) is 6.59. The maximum absolute atomic E-state index is 12.4. The predicted octanol–water partition coefficient (Wildman–Crippen LogP) is 3.57. The van der Waals surface area contributed by atoms with Crippen LogP contribution in [0.3, 0.4) is 0 Å². The van der Waals surface area contributed by atoms with Crippen molar-refractivity contribution in [2.75, 3.05) is 25.3 Å². The van der Waals surface area contributed by atoms with E-state index >= 15 is 0 Å². The number of carbonyl (C=O) groups is 2. The second-order valence-corrected chi connectivity index (χ2v) is 7.61. The lowest BCUT2D eigenvalue weighted by atomic mass is 10.2. The molecule has 3 rings (SSSR count). The number of anilines is 1. The van der Waals surface area contributed by atoms with Gasteiger partial charge in [-0.15, -0.1) is 16.8 Å². The molecule has 0 atom stereocenters. The summed E-state index contributed by atoms with van der Waals surface area (Å²) in [6.45, 7) is 4.46. The number of allylic oxidation sites excluding steroid dienone is 1. The fraction of sp³-hybridized carbons (Fsp3) is 0.217. The second kappa shape index (κ2) is 11.7. The van der Waals surface area contributed by atoms with E-state index in [1.54, 1.807) is 37.5 Å². The number of amides is 1. The Balaban J connectivity index is 1.60. The summed E-state index contributed by atoms with van der Waals surface area (Å²) in [6, 6.07) is 13.8. The first-order valence-corrected chi connectivity index (χ1v) is 10.9. The molecule has 1 aromatic heterocycles. The van der Waals surface area contributed by atoms with E-state index in [1.807, 2.05) is 28.8 Å². The summed E-state index contributed by atoms with van der Waals surface area (Å²) in [4.78, 5) is 24.1. The molecule has 0 unspecified atom stereocenters. The van der Waals surface area contributed by atoms with Crippen molar-refractivity contribution in [2.24, 2.45) is 0 Å². The minimum Gasteiger partial charge on any atom is -0.497 e. The Morgan fingerprint density at radius 3 is 2.58 bits per heavy atom. The van der Waals surface area contributed by atoms with E-state index in [4.69, 9.17) is 14.2 Å². The molecule has 0 saturated carbocycles. The molecule has 0 saturated heterocycles. The SMILES string of the molecule is C=CCn1c(COc2ccc(OC)cc2)nnc1SCC(=O)Nc1cccc(C(=O)OC)c1. The topological polar surface area (TPSA) is 105 Å². The van der Waals surface area contributed by atoms with Crippen LogP contribution in [0.15, 0.2) is 66.3 Å². The summed E-state index contributed by atoms with van der Waals surface area (Å²) in [7, 11) is 2.91. The van der Waals surface area contributed by atoms with Gasteiger partial charge in [0, 0.05) is 12.2 Å². The fourth-order valence-electron chi connectivity index (χ4n) is 2.83. The Kier molecular flexibility index (Phi) is 8.48. The van der Waals surface area contributed by atoms with E-state index in [1.165, 1.54) is 18.9 Å². The van der Waals surface area contributed by atoms with Crippen LogP contribution in [0.5, 0.6) is 11.5 Å². The van der Waals surface area contributed by atoms with Crippen molar-refractivity contribution < 1.29 is 23.8 Å². The van der Waals surface area contributed by atoms with Crippen LogP contribution in [0.25, 0.3) is 0 Å². The van der Waals surface area contributed by atoms with Crippen LogP contribution in [0.4, 0.5) is 5.69 Å². The lowest BCUT2D eigenvalue weighted by Crippen LogP contribution is -2.15. The number of carbonyl (C=O) groups excluding carboxylic acids is 2. The number of ether oxygens (including phenoxy) is 3. The smallest absolute Gasteiger partial charge is 0.337 e. The summed E-state index contributed by atoms with van der Waals surface area (Å²) in [5.74, 6) is 1.42. The molecular formula is C23H24N4O5S. The highest BCUT2D eigenvalue weighted by atomic mass is 32.2. The maximum Gasteiger partial charge on any atom is 0.337 e. The van der Waals surface area contributed by atoms with E-state index < -0.39 is 5.97 Å². The van der Waals surface area contributed by atoms with Crippen molar-refractivity contribution in [3.8, 4) is 11.5 Å². The Morgan fingerprint density at radius 1 is 1.12 bits per heavy atom. The Morgan fingerprint density at radius 2 is 1.88 bits per heavy atom. The van der Waals surface area contributed by atoms with Crippen LogP contribution in [-0.4, -0.2) is 46.6 Å². The van der Waals surface area contributed by atoms with Crippen LogP contribution in [0.1, 0.15) is 16.2 Å². The highest BCUT2D eigenvalue weighted by molar-refractivity contribution is 7.99. The third-order valence-electron chi connectivity index (χ3n) is 4.43. The lowest BCUT2D eigenvalue weighted by Gasteiger charge is -2.10. The number of esters is 1. The molecule has 0 bridgehead atoms. The third-order valence-corrected chi connectivity index (χ3v) is 5.40. The lowest BCUT2D eigenvalue weighted by molar-refractivity contribution is -0.113. The fourth-order valence-corrected chi connectivity index (χ4v) is 3.60. The Hall–Kier alpha value is -3.79. The van der Waals surface area contributed by atoms with Crippen LogP contribution in [0, 0.1) is 0 Å². The number of methoxy groups -OCH3 is 2. The number of aromatic nitrogens is 3. The van der Waals surface area contributed by atoms with Gasteiger partial charge in [0.25, 0.3) is 0 Å². The first-order chi connectivity index (χ1) is 16.0. The van der Waals surface area contributed by atoms with Gasteiger partial charge >= 0.3 is 5.97 Å². The molecule has 33 heavy (non-hydrogen) atoms. The number of benzene rings is 2. The Bertz CT molecular complexity index is 1110. The van der Waals surface area contributed by atoms with Gasteiger partial charge in [0.15, 0.2) is 11.0 Å². The zero-order chi connectivity index (χ0) is 23.6. The predicted molar refractivity (Wildman–Crippen MR) is 125 cm³/mol. The molecule has 2 aromatic carbocycles. The summed E-state index contributed by atoms with van der Waals surface area (Å²) in [5, 5.41) is 11.7. The molecule has 10 heteroatoms.